The summed E-state index contributed by atoms with van der Waals surface area (Å²) in [6.45, 7) is 5.21. The number of carbonyl (C=O) groups is 2. The smallest absolute Gasteiger partial charge is 0.322 e. The molecule has 0 bridgehead atoms. The largest absolute Gasteiger partial charge is 0.378 e. The number of rotatable bonds is 7. The van der Waals surface area contributed by atoms with Gasteiger partial charge in [0, 0.05) is 30.3 Å². The van der Waals surface area contributed by atoms with E-state index in [1.165, 1.54) is 24.3 Å². The number of hydrogen-bond donors (Lipinski definition) is 3. The summed E-state index contributed by atoms with van der Waals surface area (Å²) in [4.78, 5) is 26.3. The van der Waals surface area contributed by atoms with E-state index in [1.807, 2.05) is 0 Å². The number of urea groups is 1. The Balaban J connectivity index is 1.72. The molecule has 0 aliphatic carbocycles. The highest BCUT2D eigenvalue weighted by Gasteiger charge is 2.26. The van der Waals surface area contributed by atoms with E-state index in [-0.39, 0.29) is 28.4 Å². The zero-order valence-corrected chi connectivity index (χ0v) is 20.0. The quantitative estimate of drug-likeness (QED) is 0.509. The van der Waals surface area contributed by atoms with Gasteiger partial charge in [0.25, 0.3) is 10.0 Å². The van der Waals surface area contributed by atoms with E-state index in [0.717, 1.165) is 0 Å². The highest BCUT2D eigenvalue weighted by Crippen LogP contribution is 2.26. The molecule has 3 amide bonds. The molecule has 1 aliphatic heterocycles. The lowest BCUT2D eigenvalue weighted by atomic mass is 9.95. The maximum atomic E-state index is 13.0. The fraction of sp³-hybridized carbons (Fsp3) is 0.364. The van der Waals surface area contributed by atoms with Gasteiger partial charge >= 0.3 is 6.03 Å². The summed E-state index contributed by atoms with van der Waals surface area (Å²) in [6, 6.07) is 12.0. The minimum Gasteiger partial charge on any atom is -0.378 e. The molecular formula is C22H27ClN4O5S. The SMILES string of the molecule is CC(C)(CCl)C(=O)Nc1ccc(NS(=O)(=O)c2ccccc2NC(=O)N2CCOCC2)cc1. The van der Waals surface area contributed by atoms with Crippen molar-refractivity contribution in [3.05, 3.63) is 48.5 Å². The maximum absolute atomic E-state index is 13.0. The van der Waals surface area contributed by atoms with Gasteiger partial charge in [0.15, 0.2) is 0 Å². The Labute approximate surface area is 198 Å². The monoisotopic (exact) mass is 494 g/mol. The molecule has 0 radical (unpaired) electrons. The highest BCUT2D eigenvalue weighted by atomic mass is 35.5. The standard InChI is InChI=1S/C22H27ClN4O5S/c1-22(2,15-23)20(28)24-16-7-9-17(10-8-16)26-33(30,31)19-6-4-3-5-18(19)25-21(29)27-11-13-32-14-12-27/h3-10,26H,11-15H2,1-2H3,(H,24,28)(H,25,29). The van der Waals surface area contributed by atoms with Crippen LogP contribution in [0.15, 0.2) is 53.4 Å². The van der Waals surface area contributed by atoms with Gasteiger partial charge in [-0.1, -0.05) is 12.1 Å². The molecule has 0 atom stereocenters. The predicted octanol–water partition coefficient (Wildman–Crippen LogP) is 3.56. The number of hydrogen-bond acceptors (Lipinski definition) is 5. The average molecular weight is 495 g/mol. The normalized spacial score (nSPS) is 14.5. The van der Waals surface area contributed by atoms with Crippen LogP contribution in [-0.4, -0.2) is 57.4 Å². The summed E-state index contributed by atoms with van der Waals surface area (Å²) in [5, 5.41) is 5.43. The second kappa shape index (κ2) is 10.4. The number of para-hydroxylation sites is 1. The molecule has 3 N–H and O–H groups in total. The molecule has 2 aromatic carbocycles. The van der Waals surface area contributed by atoms with Crippen molar-refractivity contribution in [2.75, 3.05) is 47.5 Å². The molecule has 3 rings (SSSR count). The second-order valence-electron chi connectivity index (χ2n) is 8.18. The van der Waals surface area contributed by atoms with Crippen molar-refractivity contribution in [2.45, 2.75) is 18.7 Å². The van der Waals surface area contributed by atoms with Crippen LogP contribution in [0.2, 0.25) is 0 Å². The van der Waals surface area contributed by atoms with E-state index in [0.29, 0.717) is 37.7 Å². The Hall–Kier alpha value is -2.82. The molecule has 1 fully saturated rings. The molecule has 11 heteroatoms. The van der Waals surface area contributed by atoms with E-state index in [1.54, 1.807) is 43.0 Å². The van der Waals surface area contributed by atoms with Gasteiger partial charge in [-0.15, -0.1) is 11.6 Å². The molecule has 1 aliphatic rings. The first-order valence-corrected chi connectivity index (χ1v) is 12.4. The van der Waals surface area contributed by atoms with Crippen molar-refractivity contribution in [3.63, 3.8) is 0 Å². The Morgan fingerprint density at radius 2 is 1.61 bits per heavy atom. The summed E-state index contributed by atoms with van der Waals surface area (Å²) < 4.78 is 33.8. The van der Waals surface area contributed by atoms with Crippen LogP contribution in [0.4, 0.5) is 21.9 Å². The molecule has 33 heavy (non-hydrogen) atoms. The highest BCUT2D eigenvalue weighted by molar-refractivity contribution is 7.92. The number of halogens is 1. The topological polar surface area (TPSA) is 117 Å². The summed E-state index contributed by atoms with van der Waals surface area (Å²) in [6.07, 6.45) is 0. The molecule has 0 unspecified atom stereocenters. The number of benzene rings is 2. The first-order chi connectivity index (χ1) is 15.6. The van der Waals surface area contributed by atoms with Gasteiger partial charge in [-0.2, -0.15) is 0 Å². The number of morpholine rings is 1. The molecule has 0 aromatic heterocycles. The third kappa shape index (κ3) is 6.37. The van der Waals surface area contributed by atoms with Gasteiger partial charge in [-0.25, -0.2) is 13.2 Å². The van der Waals surface area contributed by atoms with Crippen LogP contribution in [0.1, 0.15) is 13.8 Å². The lowest BCUT2D eigenvalue weighted by molar-refractivity contribution is -0.122. The van der Waals surface area contributed by atoms with E-state index < -0.39 is 15.4 Å². The molecule has 2 aromatic rings. The van der Waals surface area contributed by atoms with E-state index in [4.69, 9.17) is 16.3 Å². The van der Waals surface area contributed by atoms with Gasteiger partial charge in [-0.05, 0) is 50.2 Å². The first-order valence-electron chi connectivity index (χ1n) is 10.4. The predicted molar refractivity (Wildman–Crippen MR) is 128 cm³/mol. The maximum Gasteiger partial charge on any atom is 0.322 e. The molecule has 9 nitrogen and oxygen atoms in total. The van der Waals surface area contributed by atoms with Crippen LogP contribution in [-0.2, 0) is 19.6 Å². The van der Waals surface area contributed by atoms with Crippen molar-refractivity contribution in [2.24, 2.45) is 5.41 Å². The molecular weight excluding hydrogens is 468 g/mol. The summed E-state index contributed by atoms with van der Waals surface area (Å²) >= 11 is 5.83. The minimum absolute atomic E-state index is 0.0622. The van der Waals surface area contributed by atoms with Crippen molar-refractivity contribution in [1.82, 2.24) is 4.90 Å². The fourth-order valence-corrected chi connectivity index (χ4v) is 4.30. The third-order valence-corrected chi connectivity index (χ3v) is 7.17. The number of carbonyl (C=O) groups excluding carboxylic acids is 2. The third-order valence-electron chi connectivity index (χ3n) is 5.06. The van der Waals surface area contributed by atoms with Gasteiger partial charge in [0.2, 0.25) is 5.91 Å². The number of anilines is 3. The van der Waals surface area contributed by atoms with Crippen LogP contribution in [0.25, 0.3) is 0 Å². The Morgan fingerprint density at radius 1 is 1.00 bits per heavy atom. The first kappa shape index (κ1) is 24.8. The number of ether oxygens (including phenoxy) is 1. The minimum atomic E-state index is -4.00. The fourth-order valence-electron chi connectivity index (χ4n) is 2.96. The number of amides is 3. The van der Waals surface area contributed by atoms with Crippen LogP contribution >= 0.6 is 11.6 Å². The van der Waals surface area contributed by atoms with Crippen molar-refractivity contribution in [3.8, 4) is 0 Å². The average Bonchev–Trinajstić information content (AvgIpc) is 2.81. The molecule has 0 saturated carbocycles. The van der Waals surface area contributed by atoms with Gasteiger partial charge < -0.3 is 20.3 Å². The van der Waals surface area contributed by atoms with E-state index in [2.05, 4.69) is 15.4 Å². The molecule has 178 valence electrons. The van der Waals surface area contributed by atoms with Crippen LogP contribution < -0.4 is 15.4 Å². The van der Waals surface area contributed by atoms with Crippen LogP contribution in [0.5, 0.6) is 0 Å². The number of sulfonamides is 1. The second-order valence-corrected chi connectivity index (χ2v) is 10.1. The van der Waals surface area contributed by atoms with E-state index in [9.17, 15) is 18.0 Å². The van der Waals surface area contributed by atoms with Gasteiger partial charge in [0.1, 0.15) is 4.90 Å². The molecule has 0 spiro atoms. The number of nitrogens with one attached hydrogen (secondary N) is 3. The van der Waals surface area contributed by atoms with E-state index >= 15 is 0 Å². The Morgan fingerprint density at radius 3 is 2.24 bits per heavy atom. The number of alkyl halides is 1. The zero-order valence-electron chi connectivity index (χ0n) is 18.4. The lowest BCUT2D eigenvalue weighted by Crippen LogP contribution is -2.43. The summed E-state index contributed by atoms with van der Waals surface area (Å²) in [5.41, 5.74) is 0.254. The number of nitrogens with zero attached hydrogens (tertiary/aromatic N) is 1. The Bertz CT molecular complexity index is 1100. The zero-order chi connectivity index (χ0) is 24.1. The summed E-state index contributed by atoms with van der Waals surface area (Å²) in [5.74, 6) is -0.0751. The lowest BCUT2D eigenvalue weighted by Gasteiger charge is -2.27. The Kier molecular flexibility index (Phi) is 7.83. The van der Waals surface area contributed by atoms with Crippen molar-refractivity contribution in [1.29, 1.82) is 0 Å². The van der Waals surface area contributed by atoms with Crippen molar-refractivity contribution < 1.29 is 22.7 Å². The van der Waals surface area contributed by atoms with Gasteiger partial charge in [0.05, 0.1) is 24.3 Å². The van der Waals surface area contributed by atoms with Crippen LogP contribution in [0.3, 0.4) is 0 Å². The summed E-state index contributed by atoms with van der Waals surface area (Å²) in [7, 11) is -4.00. The molecule has 1 heterocycles. The van der Waals surface area contributed by atoms with Gasteiger partial charge in [-0.3, -0.25) is 9.52 Å². The van der Waals surface area contributed by atoms with Crippen molar-refractivity contribution >= 4 is 50.6 Å². The van der Waals surface area contributed by atoms with Crippen LogP contribution in [0, 0.1) is 5.41 Å². The molecule has 1 saturated heterocycles.